The summed E-state index contributed by atoms with van der Waals surface area (Å²) in [4.78, 5) is 37.8. The van der Waals surface area contributed by atoms with Gasteiger partial charge in [0.2, 0.25) is 0 Å². The van der Waals surface area contributed by atoms with Crippen molar-refractivity contribution in [2.24, 2.45) is 10.8 Å². The van der Waals surface area contributed by atoms with Crippen LogP contribution in [0.2, 0.25) is 0 Å². The summed E-state index contributed by atoms with van der Waals surface area (Å²) in [5.74, 6) is 0.369. The van der Waals surface area contributed by atoms with Gasteiger partial charge in [-0.05, 0) is 108 Å². The van der Waals surface area contributed by atoms with Gasteiger partial charge in [-0.25, -0.2) is 0 Å². The minimum Gasteiger partial charge on any atom is -0.496 e. The van der Waals surface area contributed by atoms with Crippen LogP contribution in [0.3, 0.4) is 0 Å². The van der Waals surface area contributed by atoms with Gasteiger partial charge in [-0.15, -0.1) is 0 Å². The van der Waals surface area contributed by atoms with Crippen molar-refractivity contribution < 1.29 is 28.6 Å². The van der Waals surface area contributed by atoms with Gasteiger partial charge < -0.3 is 14.2 Å². The molecule has 2 aromatic rings. The molecule has 0 spiro atoms. The van der Waals surface area contributed by atoms with Crippen molar-refractivity contribution >= 4 is 23.8 Å². The average molecular weight is 495 g/mol. The zero-order chi connectivity index (χ0) is 27.3. The van der Waals surface area contributed by atoms with Gasteiger partial charge in [-0.2, -0.15) is 0 Å². The van der Waals surface area contributed by atoms with Gasteiger partial charge in [0.15, 0.2) is 5.78 Å². The molecular formula is C30H38O6. The van der Waals surface area contributed by atoms with Crippen LogP contribution < -0.4 is 14.2 Å². The molecule has 194 valence electrons. The summed E-state index contributed by atoms with van der Waals surface area (Å²) in [7, 11) is 1.56. The first-order chi connectivity index (χ1) is 16.7. The Hall–Kier alpha value is -3.41. The van der Waals surface area contributed by atoms with Crippen LogP contribution in [0.25, 0.3) is 6.08 Å². The smallest absolute Gasteiger partial charge is 0.316 e. The van der Waals surface area contributed by atoms with E-state index in [9.17, 15) is 14.4 Å². The van der Waals surface area contributed by atoms with Crippen LogP contribution in [-0.2, 0) is 22.4 Å². The molecule has 6 nitrogen and oxygen atoms in total. The van der Waals surface area contributed by atoms with E-state index in [1.165, 1.54) is 6.08 Å². The van der Waals surface area contributed by atoms with Crippen molar-refractivity contribution in [2.45, 2.75) is 68.2 Å². The number of aryl methyl sites for hydroxylation is 2. The molecule has 0 saturated carbocycles. The fourth-order valence-corrected chi connectivity index (χ4v) is 3.28. The zero-order valence-electron chi connectivity index (χ0n) is 22.9. The fraction of sp³-hybridized carbons (Fsp3) is 0.433. The van der Waals surface area contributed by atoms with Crippen molar-refractivity contribution in [2.75, 3.05) is 7.11 Å². The van der Waals surface area contributed by atoms with Gasteiger partial charge in [0.1, 0.15) is 17.2 Å². The van der Waals surface area contributed by atoms with E-state index in [-0.39, 0.29) is 17.7 Å². The molecule has 36 heavy (non-hydrogen) atoms. The first kappa shape index (κ1) is 28.8. The Labute approximate surface area is 214 Å². The summed E-state index contributed by atoms with van der Waals surface area (Å²) in [6, 6.07) is 8.38. The number of carbonyl (C=O) groups excluding carboxylic acids is 3. The lowest BCUT2D eigenvalue weighted by Crippen LogP contribution is -2.26. The number of benzene rings is 2. The normalized spacial score (nSPS) is 11.9. The third-order valence-electron chi connectivity index (χ3n) is 5.56. The molecule has 0 unspecified atom stereocenters. The molecule has 2 rings (SSSR count). The molecule has 0 aliphatic rings. The summed E-state index contributed by atoms with van der Waals surface area (Å²) >= 11 is 0. The highest BCUT2D eigenvalue weighted by atomic mass is 16.5. The minimum atomic E-state index is -0.698. The zero-order valence-corrected chi connectivity index (χ0v) is 22.9. The predicted octanol–water partition coefficient (Wildman–Crippen LogP) is 6.62. The van der Waals surface area contributed by atoms with Crippen LogP contribution in [0.1, 0.15) is 82.4 Å². The molecule has 0 N–H and O–H groups in total. The summed E-state index contributed by atoms with van der Waals surface area (Å²) in [5.41, 5.74) is 1.47. The van der Waals surface area contributed by atoms with Crippen LogP contribution in [-0.4, -0.2) is 24.8 Å². The molecule has 0 saturated heterocycles. The molecule has 0 atom stereocenters. The van der Waals surface area contributed by atoms with E-state index in [0.717, 1.165) is 11.1 Å². The number of ether oxygens (including phenoxy) is 3. The van der Waals surface area contributed by atoms with Crippen LogP contribution >= 0.6 is 0 Å². The highest BCUT2D eigenvalue weighted by molar-refractivity contribution is 6.07. The van der Waals surface area contributed by atoms with E-state index < -0.39 is 10.8 Å². The molecule has 2 aromatic carbocycles. The van der Waals surface area contributed by atoms with E-state index >= 15 is 0 Å². The van der Waals surface area contributed by atoms with E-state index in [1.54, 1.807) is 79.0 Å². The lowest BCUT2D eigenvalue weighted by atomic mass is 9.95. The first-order valence-electron chi connectivity index (χ1n) is 12.2. The maximum atomic E-state index is 13.0. The molecule has 0 radical (unpaired) electrons. The van der Waals surface area contributed by atoms with Gasteiger partial charge in [0.05, 0.1) is 23.5 Å². The number of methoxy groups -OCH3 is 1. The van der Waals surface area contributed by atoms with Crippen molar-refractivity contribution in [3.8, 4) is 17.2 Å². The van der Waals surface area contributed by atoms with Crippen molar-refractivity contribution in [3.05, 3.63) is 58.7 Å². The number of carbonyl (C=O) groups is 3. The lowest BCUT2D eigenvalue weighted by molar-refractivity contribution is -0.143. The Morgan fingerprint density at radius 2 is 1.28 bits per heavy atom. The van der Waals surface area contributed by atoms with Crippen LogP contribution in [0.5, 0.6) is 17.2 Å². The second-order valence-corrected chi connectivity index (χ2v) is 10.7. The van der Waals surface area contributed by atoms with Crippen molar-refractivity contribution in [1.82, 2.24) is 0 Å². The van der Waals surface area contributed by atoms with Gasteiger partial charge in [-0.3, -0.25) is 14.4 Å². The molecule has 0 heterocycles. The summed E-state index contributed by atoms with van der Waals surface area (Å²) < 4.78 is 16.9. The number of esters is 2. The molecule has 6 heteroatoms. The van der Waals surface area contributed by atoms with Crippen LogP contribution in [0.15, 0.2) is 36.4 Å². The largest absolute Gasteiger partial charge is 0.496 e. The third kappa shape index (κ3) is 7.06. The third-order valence-corrected chi connectivity index (χ3v) is 5.56. The predicted molar refractivity (Wildman–Crippen MR) is 142 cm³/mol. The SMILES string of the molecule is CCc1cc(CC)c(OC(=O)C(C)(C)C)c(/C=C/C(=O)c2ccc(OC(=O)C(C)(C)C)cc2)c1OC. The summed E-state index contributed by atoms with van der Waals surface area (Å²) in [5, 5.41) is 0. The Balaban J connectivity index is 2.45. The Morgan fingerprint density at radius 1 is 0.778 bits per heavy atom. The monoisotopic (exact) mass is 494 g/mol. The summed E-state index contributed by atoms with van der Waals surface area (Å²) in [6.45, 7) is 14.7. The van der Waals surface area contributed by atoms with Crippen molar-refractivity contribution in [3.63, 3.8) is 0 Å². The Morgan fingerprint density at radius 3 is 1.75 bits per heavy atom. The molecule has 0 bridgehead atoms. The number of allylic oxidation sites excluding steroid dienone is 1. The van der Waals surface area contributed by atoms with E-state index in [0.29, 0.717) is 41.2 Å². The fourth-order valence-electron chi connectivity index (χ4n) is 3.28. The second kappa shape index (κ2) is 11.5. The highest BCUT2D eigenvalue weighted by Crippen LogP contribution is 2.39. The quantitative estimate of drug-likeness (QED) is 0.178. The standard InChI is InChI=1S/C30H38O6/c1-10-19-18-20(11-2)26(36-28(33)30(6,7)8)23(25(19)34-9)16-17-24(31)21-12-14-22(15-13-21)35-27(32)29(3,4)5/h12-18H,10-11H2,1-9H3/b17-16+. The second-order valence-electron chi connectivity index (χ2n) is 10.7. The van der Waals surface area contributed by atoms with Gasteiger partial charge in [0, 0.05) is 5.56 Å². The number of ketones is 1. The minimum absolute atomic E-state index is 0.251. The van der Waals surface area contributed by atoms with E-state index in [2.05, 4.69) is 0 Å². The molecule has 0 fully saturated rings. The van der Waals surface area contributed by atoms with Crippen molar-refractivity contribution in [1.29, 1.82) is 0 Å². The molecule has 0 amide bonds. The van der Waals surface area contributed by atoms with Gasteiger partial charge in [0.25, 0.3) is 0 Å². The van der Waals surface area contributed by atoms with E-state index in [4.69, 9.17) is 14.2 Å². The lowest BCUT2D eigenvalue weighted by Gasteiger charge is -2.22. The number of rotatable bonds is 8. The van der Waals surface area contributed by atoms with Crippen LogP contribution in [0.4, 0.5) is 0 Å². The van der Waals surface area contributed by atoms with Crippen LogP contribution in [0, 0.1) is 10.8 Å². The number of hydrogen-bond donors (Lipinski definition) is 0. The molecule has 0 aliphatic heterocycles. The average Bonchev–Trinajstić information content (AvgIpc) is 2.81. The summed E-state index contributed by atoms with van der Waals surface area (Å²) in [6.07, 6.45) is 4.43. The van der Waals surface area contributed by atoms with Gasteiger partial charge >= 0.3 is 11.9 Å². The molecule has 0 aromatic heterocycles. The first-order valence-corrected chi connectivity index (χ1v) is 12.2. The maximum absolute atomic E-state index is 13.0. The Kier molecular flexibility index (Phi) is 9.25. The molecule has 0 aliphatic carbocycles. The van der Waals surface area contributed by atoms with Gasteiger partial charge in [-0.1, -0.05) is 13.8 Å². The highest BCUT2D eigenvalue weighted by Gasteiger charge is 2.27. The molecular weight excluding hydrogens is 456 g/mol. The maximum Gasteiger partial charge on any atom is 0.316 e. The Bertz CT molecular complexity index is 1140. The number of hydrogen-bond acceptors (Lipinski definition) is 6. The van der Waals surface area contributed by atoms with E-state index in [1.807, 2.05) is 19.9 Å². The topological polar surface area (TPSA) is 78.9 Å².